The molecule has 116 valence electrons. The second-order valence-electron chi connectivity index (χ2n) is 5.70. The molecule has 2 N–H and O–H groups in total. The zero-order chi connectivity index (χ0) is 15.5. The van der Waals surface area contributed by atoms with Gasteiger partial charge in [-0.05, 0) is 18.6 Å². The van der Waals surface area contributed by atoms with E-state index in [0.29, 0.717) is 0 Å². The highest BCUT2D eigenvalue weighted by molar-refractivity contribution is 5.91. The van der Waals surface area contributed by atoms with Crippen molar-refractivity contribution in [2.45, 2.75) is 19.4 Å². The summed E-state index contributed by atoms with van der Waals surface area (Å²) in [6, 6.07) is 10.1. The van der Waals surface area contributed by atoms with Gasteiger partial charge in [-0.2, -0.15) is 0 Å². The number of primary amides is 1. The Bertz CT molecular complexity index is 659. The molecule has 0 bridgehead atoms. The van der Waals surface area contributed by atoms with Gasteiger partial charge in [-0.15, -0.1) is 0 Å². The largest absolute Gasteiger partial charge is 0.368 e. The molecule has 1 amide bonds. The van der Waals surface area contributed by atoms with Gasteiger partial charge in [0.05, 0.1) is 11.6 Å². The molecule has 1 unspecified atom stereocenters. The van der Waals surface area contributed by atoms with Crippen LogP contribution in [0.4, 0.5) is 5.69 Å². The number of anilines is 1. The number of hydrogen-bond donors (Lipinski definition) is 1. The third-order valence-electron chi connectivity index (χ3n) is 4.44. The van der Waals surface area contributed by atoms with Crippen LogP contribution in [-0.2, 0) is 4.79 Å². The highest BCUT2D eigenvalue weighted by Crippen LogP contribution is 2.26. The van der Waals surface area contributed by atoms with Crippen LogP contribution < -0.4 is 10.6 Å². The molecule has 1 fully saturated rings. The molecule has 5 heteroatoms. The average molecular weight is 298 g/mol. The van der Waals surface area contributed by atoms with Crippen molar-refractivity contribution in [1.29, 1.82) is 0 Å². The van der Waals surface area contributed by atoms with Gasteiger partial charge in [0, 0.05) is 43.4 Å². The molecule has 1 aliphatic heterocycles. The zero-order valence-corrected chi connectivity index (χ0v) is 12.9. The fourth-order valence-electron chi connectivity index (χ4n) is 3.27. The van der Waals surface area contributed by atoms with Gasteiger partial charge in [-0.1, -0.05) is 25.1 Å². The van der Waals surface area contributed by atoms with E-state index in [1.165, 1.54) is 11.1 Å². The summed E-state index contributed by atoms with van der Waals surface area (Å²) >= 11 is 0. The molecule has 1 atom stereocenters. The first-order chi connectivity index (χ1) is 10.7. The van der Waals surface area contributed by atoms with Gasteiger partial charge in [-0.25, -0.2) is 0 Å². The number of carbonyl (C=O) groups is 1. The molecule has 0 saturated carbocycles. The van der Waals surface area contributed by atoms with Gasteiger partial charge in [0.1, 0.15) is 0 Å². The average Bonchev–Trinajstić information content (AvgIpc) is 2.55. The Kier molecular flexibility index (Phi) is 4.24. The number of rotatable bonds is 4. The normalized spacial score (nSPS) is 17.6. The van der Waals surface area contributed by atoms with Gasteiger partial charge in [0.25, 0.3) is 0 Å². The number of pyridine rings is 1. The minimum atomic E-state index is -0.217. The van der Waals surface area contributed by atoms with Crippen molar-refractivity contribution in [3.63, 3.8) is 0 Å². The number of nitrogens with zero attached hydrogens (tertiary/aromatic N) is 3. The molecule has 22 heavy (non-hydrogen) atoms. The van der Waals surface area contributed by atoms with Crippen molar-refractivity contribution in [3.05, 3.63) is 36.5 Å². The fourth-order valence-corrected chi connectivity index (χ4v) is 3.27. The number of amides is 1. The first-order valence-corrected chi connectivity index (χ1v) is 7.82. The molecule has 3 rings (SSSR count). The molecular weight excluding hydrogens is 276 g/mol. The summed E-state index contributed by atoms with van der Waals surface area (Å²) in [5.41, 5.74) is 7.73. The lowest BCUT2D eigenvalue weighted by Crippen LogP contribution is -2.54. The van der Waals surface area contributed by atoms with E-state index in [2.05, 4.69) is 26.9 Å². The predicted octanol–water partition coefficient (Wildman–Crippen LogP) is 1.62. The van der Waals surface area contributed by atoms with Crippen LogP contribution in [0.1, 0.15) is 13.3 Å². The number of hydrogen-bond acceptors (Lipinski definition) is 4. The third kappa shape index (κ3) is 2.76. The molecule has 2 aromatic rings. The van der Waals surface area contributed by atoms with E-state index >= 15 is 0 Å². The number of benzene rings is 1. The zero-order valence-electron chi connectivity index (χ0n) is 12.9. The molecule has 0 aliphatic carbocycles. The lowest BCUT2D eigenvalue weighted by Gasteiger charge is -2.39. The van der Waals surface area contributed by atoms with E-state index in [0.717, 1.165) is 38.1 Å². The van der Waals surface area contributed by atoms with Gasteiger partial charge < -0.3 is 10.6 Å². The number of nitrogens with two attached hydrogens (primary N) is 1. The third-order valence-corrected chi connectivity index (χ3v) is 4.44. The molecule has 5 nitrogen and oxygen atoms in total. The second-order valence-corrected chi connectivity index (χ2v) is 5.70. The Hall–Kier alpha value is -2.14. The number of carbonyl (C=O) groups excluding carboxylic acids is 1. The van der Waals surface area contributed by atoms with E-state index in [9.17, 15) is 4.79 Å². The summed E-state index contributed by atoms with van der Waals surface area (Å²) in [4.78, 5) is 20.5. The number of piperazine rings is 1. The Morgan fingerprint density at radius 2 is 1.95 bits per heavy atom. The second kappa shape index (κ2) is 6.32. The van der Waals surface area contributed by atoms with Crippen molar-refractivity contribution < 1.29 is 4.79 Å². The van der Waals surface area contributed by atoms with Crippen molar-refractivity contribution in [1.82, 2.24) is 9.88 Å². The van der Waals surface area contributed by atoms with E-state index < -0.39 is 0 Å². The summed E-state index contributed by atoms with van der Waals surface area (Å²) < 4.78 is 0. The number of para-hydroxylation sites is 1. The van der Waals surface area contributed by atoms with E-state index in [1.807, 2.05) is 31.3 Å². The smallest absolute Gasteiger partial charge is 0.234 e. The van der Waals surface area contributed by atoms with Crippen LogP contribution in [0.2, 0.25) is 0 Å². The Morgan fingerprint density at radius 3 is 2.64 bits per heavy atom. The highest BCUT2D eigenvalue weighted by atomic mass is 16.1. The highest BCUT2D eigenvalue weighted by Gasteiger charge is 2.26. The molecule has 1 aromatic heterocycles. The minimum Gasteiger partial charge on any atom is -0.368 e. The van der Waals surface area contributed by atoms with Crippen LogP contribution in [0, 0.1) is 0 Å². The SMILES string of the molecule is CCC(C(N)=O)N1CCN(c2ccnc3ccccc23)CC1. The van der Waals surface area contributed by atoms with Gasteiger partial charge in [0.15, 0.2) is 0 Å². The summed E-state index contributed by atoms with van der Waals surface area (Å²) in [6.45, 7) is 5.53. The van der Waals surface area contributed by atoms with Crippen LogP contribution in [0.25, 0.3) is 10.9 Å². The van der Waals surface area contributed by atoms with Crippen LogP contribution in [0.5, 0.6) is 0 Å². The summed E-state index contributed by atoms with van der Waals surface area (Å²) in [6.07, 6.45) is 2.63. The maximum Gasteiger partial charge on any atom is 0.234 e. The standard InChI is InChI=1S/C17H22N4O/c1-2-15(17(18)22)20-9-11-21(12-10-20)16-7-8-19-14-6-4-3-5-13(14)16/h3-8,15H,2,9-12H2,1H3,(H2,18,22). The summed E-state index contributed by atoms with van der Waals surface area (Å²) in [5, 5.41) is 1.18. The van der Waals surface area contributed by atoms with E-state index in [4.69, 9.17) is 5.73 Å². The van der Waals surface area contributed by atoms with Crippen molar-refractivity contribution in [3.8, 4) is 0 Å². The lowest BCUT2D eigenvalue weighted by molar-refractivity contribution is -0.123. The molecular formula is C17H22N4O. The quantitative estimate of drug-likeness (QED) is 0.931. The number of aromatic nitrogens is 1. The monoisotopic (exact) mass is 298 g/mol. The van der Waals surface area contributed by atoms with Crippen LogP contribution >= 0.6 is 0 Å². The Labute approximate surface area is 130 Å². The van der Waals surface area contributed by atoms with Crippen molar-refractivity contribution in [2.75, 3.05) is 31.1 Å². The molecule has 1 aromatic carbocycles. The summed E-state index contributed by atoms with van der Waals surface area (Å²) in [5.74, 6) is -0.217. The number of fused-ring (bicyclic) bond motifs is 1. The molecule has 2 heterocycles. The first kappa shape index (κ1) is 14.8. The maximum absolute atomic E-state index is 11.5. The fraction of sp³-hybridized carbons (Fsp3) is 0.412. The predicted molar refractivity (Wildman–Crippen MR) is 88.8 cm³/mol. The lowest BCUT2D eigenvalue weighted by atomic mass is 10.1. The van der Waals surface area contributed by atoms with Crippen LogP contribution in [0.15, 0.2) is 36.5 Å². The molecule has 0 spiro atoms. The van der Waals surface area contributed by atoms with Gasteiger partial charge in [0.2, 0.25) is 5.91 Å². The molecule has 1 saturated heterocycles. The van der Waals surface area contributed by atoms with Gasteiger partial charge >= 0.3 is 0 Å². The van der Waals surface area contributed by atoms with E-state index in [-0.39, 0.29) is 11.9 Å². The Balaban J connectivity index is 1.77. The minimum absolute atomic E-state index is 0.142. The van der Waals surface area contributed by atoms with Gasteiger partial charge in [-0.3, -0.25) is 14.7 Å². The van der Waals surface area contributed by atoms with Crippen LogP contribution in [0.3, 0.4) is 0 Å². The van der Waals surface area contributed by atoms with Crippen molar-refractivity contribution in [2.24, 2.45) is 5.73 Å². The molecule has 0 radical (unpaired) electrons. The summed E-state index contributed by atoms with van der Waals surface area (Å²) in [7, 11) is 0. The first-order valence-electron chi connectivity index (χ1n) is 7.82. The Morgan fingerprint density at radius 1 is 1.23 bits per heavy atom. The topological polar surface area (TPSA) is 62.5 Å². The van der Waals surface area contributed by atoms with Crippen LogP contribution in [-0.4, -0.2) is 48.0 Å². The van der Waals surface area contributed by atoms with E-state index in [1.54, 1.807) is 0 Å². The van der Waals surface area contributed by atoms with Crippen molar-refractivity contribution >= 4 is 22.5 Å². The molecule has 1 aliphatic rings. The maximum atomic E-state index is 11.5.